The zero-order chi connectivity index (χ0) is 14.5. The highest BCUT2D eigenvalue weighted by molar-refractivity contribution is 5.74. The number of benzene rings is 1. The van der Waals surface area contributed by atoms with E-state index in [2.05, 4.69) is 15.6 Å². The molecule has 0 unspecified atom stereocenters. The maximum atomic E-state index is 11.8. The Bertz CT molecular complexity index is 631. The highest BCUT2D eigenvalue weighted by Gasteiger charge is 2.17. The van der Waals surface area contributed by atoms with Crippen LogP contribution in [0.2, 0.25) is 0 Å². The van der Waals surface area contributed by atoms with Gasteiger partial charge in [0.25, 0.3) is 0 Å². The van der Waals surface area contributed by atoms with Crippen molar-refractivity contribution >= 4 is 6.03 Å². The Morgan fingerprint density at radius 2 is 2.05 bits per heavy atom. The number of nitrogens with one attached hydrogen (secondary N) is 2. The van der Waals surface area contributed by atoms with E-state index < -0.39 is 0 Å². The van der Waals surface area contributed by atoms with Gasteiger partial charge in [-0.25, -0.2) is 4.79 Å². The fourth-order valence-electron chi connectivity index (χ4n) is 2.05. The van der Waals surface area contributed by atoms with E-state index in [4.69, 9.17) is 9.47 Å². The standard InChI is InChI=1S/C15H15N3O3/c19-15(17-8-11-3-2-6-16-7-11)18-9-12-4-1-5-13-14(12)21-10-20-13/h1-7H,8-10H2,(H2,17,18,19). The predicted molar refractivity (Wildman–Crippen MR) is 75.9 cm³/mol. The number of rotatable bonds is 4. The Morgan fingerprint density at radius 3 is 2.90 bits per heavy atom. The van der Waals surface area contributed by atoms with E-state index in [1.54, 1.807) is 12.4 Å². The first kappa shape index (κ1) is 13.2. The van der Waals surface area contributed by atoms with Crippen molar-refractivity contribution in [3.05, 3.63) is 53.9 Å². The fraction of sp³-hybridized carbons (Fsp3) is 0.200. The Morgan fingerprint density at radius 1 is 1.14 bits per heavy atom. The molecule has 2 aromatic rings. The number of urea groups is 1. The van der Waals surface area contributed by atoms with Crippen LogP contribution in [0, 0.1) is 0 Å². The summed E-state index contributed by atoms with van der Waals surface area (Å²) in [7, 11) is 0. The maximum Gasteiger partial charge on any atom is 0.315 e. The molecule has 0 saturated carbocycles. The lowest BCUT2D eigenvalue weighted by atomic mass is 10.2. The maximum absolute atomic E-state index is 11.8. The molecule has 1 aromatic carbocycles. The molecule has 1 aliphatic heterocycles. The summed E-state index contributed by atoms with van der Waals surface area (Å²) in [5.74, 6) is 1.41. The van der Waals surface area contributed by atoms with Gasteiger partial charge in [-0.1, -0.05) is 18.2 Å². The minimum absolute atomic E-state index is 0.222. The molecule has 0 fully saturated rings. The van der Waals surface area contributed by atoms with Crippen LogP contribution < -0.4 is 20.1 Å². The van der Waals surface area contributed by atoms with Crippen molar-refractivity contribution < 1.29 is 14.3 Å². The van der Waals surface area contributed by atoms with Gasteiger partial charge in [-0.15, -0.1) is 0 Å². The number of fused-ring (bicyclic) bond motifs is 1. The third-order valence-corrected chi connectivity index (χ3v) is 3.09. The van der Waals surface area contributed by atoms with Gasteiger partial charge in [-0.05, 0) is 17.7 Å². The van der Waals surface area contributed by atoms with Crippen molar-refractivity contribution in [2.75, 3.05) is 6.79 Å². The van der Waals surface area contributed by atoms with E-state index >= 15 is 0 Å². The molecule has 0 aliphatic carbocycles. The van der Waals surface area contributed by atoms with Gasteiger partial charge in [0.15, 0.2) is 11.5 Å². The first-order valence-corrected chi connectivity index (χ1v) is 6.61. The van der Waals surface area contributed by atoms with Gasteiger partial charge >= 0.3 is 6.03 Å². The molecule has 1 aromatic heterocycles. The van der Waals surface area contributed by atoms with Crippen molar-refractivity contribution in [1.82, 2.24) is 15.6 Å². The monoisotopic (exact) mass is 285 g/mol. The lowest BCUT2D eigenvalue weighted by molar-refractivity contribution is 0.173. The normalized spacial score (nSPS) is 12.0. The molecule has 6 nitrogen and oxygen atoms in total. The minimum atomic E-state index is -0.240. The third kappa shape index (κ3) is 3.22. The molecule has 0 radical (unpaired) electrons. The molecule has 2 heterocycles. The average molecular weight is 285 g/mol. The second-order valence-electron chi connectivity index (χ2n) is 4.55. The summed E-state index contributed by atoms with van der Waals surface area (Å²) in [4.78, 5) is 15.8. The number of aromatic nitrogens is 1. The zero-order valence-corrected chi connectivity index (χ0v) is 11.3. The van der Waals surface area contributed by atoms with Crippen LogP contribution in [0.3, 0.4) is 0 Å². The number of amides is 2. The lowest BCUT2D eigenvalue weighted by Gasteiger charge is -2.09. The predicted octanol–water partition coefficient (Wildman–Crippen LogP) is 1.81. The second-order valence-corrected chi connectivity index (χ2v) is 4.55. The SMILES string of the molecule is O=C(NCc1cccnc1)NCc1cccc2c1OCO2. The summed E-state index contributed by atoms with van der Waals surface area (Å²) < 4.78 is 10.7. The van der Waals surface area contributed by atoms with Crippen molar-refractivity contribution in [3.8, 4) is 11.5 Å². The Hall–Kier alpha value is -2.76. The van der Waals surface area contributed by atoms with Crippen LogP contribution in [0.15, 0.2) is 42.7 Å². The molecule has 21 heavy (non-hydrogen) atoms. The molecular weight excluding hydrogens is 270 g/mol. The van der Waals surface area contributed by atoms with Gasteiger partial charge in [0.2, 0.25) is 6.79 Å². The van der Waals surface area contributed by atoms with Crippen LogP contribution in [0.4, 0.5) is 4.79 Å². The first-order valence-electron chi connectivity index (χ1n) is 6.61. The molecule has 2 amide bonds. The number of carbonyl (C=O) groups is 1. The smallest absolute Gasteiger partial charge is 0.315 e. The van der Waals surface area contributed by atoms with Gasteiger partial charge in [-0.3, -0.25) is 4.98 Å². The molecule has 0 spiro atoms. The quantitative estimate of drug-likeness (QED) is 0.898. The molecule has 108 valence electrons. The largest absolute Gasteiger partial charge is 0.454 e. The van der Waals surface area contributed by atoms with Crippen molar-refractivity contribution in [1.29, 1.82) is 0 Å². The highest BCUT2D eigenvalue weighted by atomic mass is 16.7. The first-order chi connectivity index (χ1) is 10.3. The second kappa shape index (κ2) is 6.13. The van der Waals surface area contributed by atoms with Crippen molar-refractivity contribution in [3.63, 3.8) is 0 Å². The van der Waals surface area contributed by atoms with Crippen LogP contribution in [0.5, 0.6) is 11.5 Å². The molecule has 2 N–H and O–H groups in total. The lowest BCUT2D eigenvalue weighted by Crippen LogP contribution is -2.34. The van der Waals surface area contributed by atoms with E-state index in [0.717, 1.165) is 11.1 Å². The average Bonchev–Trinajstić information content (AvgIpc) is 3.01. The van der Waals surface area contributed by atoms with Gasteiger partial charge in [0.05, 0.1) is 0 Å². The van der Waals surface area contributed by atoms with Crippen LogP contribution in [-0.4, -0.2) is 17.8 Å². The Labute approximate surface area is 122 Å². The van der Waals surface area contributed by atoms with Crippen LogP contribution in [-0.2, 0) is 13.1 Å². The van der Waals surface area contributed by atoms with E-state index in [-0.39, 0.29) is 12.8 Å². The van der Waals surface area contributed by atoms with Crippen molar-refractivity contribution in [2.45, 2.75) is 13.1 Å². The summed E-state index contributed by atoms with van der Waals surface area (Å²) in [5.41, 5.74) is 1.84. The molecule has 6 heteroatoms. The van der Waals surface area contributed by atoms with E-state index in [0.29, 0.717) is 24.6 Å². The number of carbonyl (C=O) groups excluding carboxylic acids is 1. The zero-order valence-electron chi connectivity index (χ0n) is 11.3. The molecule has 0 atom stereocenters. The number of hydrogen-bond acceptors (Lipinski definition) is 4. The van der Waals surface area contributed by atoms with Crippen molar-refractivity contribution in [2.24, 2.45) is 0 Å². The van der Waals surface area contributed by atoms with Gasteiger partial charge in [0, 0.05) is 31.0 Å². The number of pyridine rings is 1. The molecule has 0 bridgehead atoms. The van der Waals surface area contributed by atoms with E-state index in [1.807, 2.05) is 30.3 Å². The molecule has 0 saturated heterocycles. The summed E-state index contributed by atoms with van der Waals surface area (Å²) >= 11 is 0. The van der Waals surface area contributed by atoms with Crippen LogP contribution >= 0.6 is 0 Å². The van der Waals surface area contributed by atoms with Gasteiger partial charge in [0.1, 0.15) is 0 Å². The summed E-state index contributed by atoms with van der Waals surface area (Å²) in [6.45, 7) is 1.04. The number of hydrogen-bond donors (Lipinski definition) is 2. The summed E-state index contributed by atoms with van der Waals surface area (Å²) in [6, 6.07) is 9.11. The minimum Gasteiger partial charge on any atom is -0.454 e. The van der Waals surface area contributed by atoms with Gasteiger partial charge in [-0.2, -0.15) is 0 Å². The Balaban J connectivity index is 1.51. The van der Waals surface area contributed by atoms with E-state index in [9.17, 15) is 4.79 Å². The number of para-hydroxylation sites is 1. The van der Waals surface area contributed by atoms with Gasteiger partial charge < -0.3 is 20.1 Å². The Kier molecular flexibility index (Phi) is 3.86. The fourth-order valence-corrected chi connectivity index (χ4v) is 2.05. The number of ether oxygens (including phenoxy) is 2. The van der Waals surface area contributed by atoms with Crippen LogP contribution in [0.25, 0.3) is 0 Å². The molecule has 3 rings (SSSR count). The van der Waals surface area contributed by atoms with Crippen LogP contribution in [0.1, 0.15) is 11.1 Å². The third-order valence-electron chi connectivity index (χ3n) is 3.09. The summed E-state index contributed by atoms with van der Waals surface area (Å²) in [5, 5.41) is 5.57. The topological polar surface area (TPSA) is 72.5 Å². The van der Waals surface area contributed by atoms with E-state index in [1.165, 1.54) is 0 Å². The molecular formula is C15H15N3O3. The summed E-state index contributed by atoms with van der Waals surface area (Å²) in [6.07, 6.45) is 3.41. The number of nitrogens with zero attached hydrogens (tertiary/aromatic N) is 1. The highest BCUT2D eigenvalue weighted by Crippen LogP contribution is 2.35. The molecule has 1 aliphatic rings.